The standard InChI is InChI=1S/C76H137N2O6P/c1-6-8-10-12-14-16-18-20-22-24-26-28-30-32-34-35-36-37-38-39-40-41-42-43-44-46-48-50-52-54-56-58-60-62-64-66-68-70-76(80)77-74(73-84-85(81,82)83-72-71-78(3,4)5)75(79)69-67-65-63-61-59-57-55-53-51-49-47-45-33-31-29-27-25-23-21-19-17-15-13-11-9-7-2/h8,10,14,16,20,22,26,28,32,34,36-37,39-40,42-43,46,48,74-75,79H,6-7,9,11-13,15,17-19,21,23-25,27,29-31,33,35,38,41,44-45,47,49-73H2,1-5H3,(H-,77,80,81,82)/b10-8-,16-14-,22-20-,28-26-,34-32-,37-36-,40-39-,43-42-,48-46-. The van der Waals surface area contributed by atoms with Gasteiger partial charge >= 0.3 is 0 Å². The van der Waals surface area contributed by atoms with Crippen molar-refractivity contribution in [2.75, 3.05) is 40.9 Å². The van der Waals surface area contributed by atoms with Crippen LogP contribution < -0.4 is 10.2 Å². The highest BCUT2D eigenvalue weighted by atomic mass is 31.2. The monoisotopic (exact) mass is 1210 g/mol. The Morgan fingerprint density at radius 2 is 0.718 bits per heavy atom. The van der Waals surface area contributed by atoms with E-state index in [2.05, 4.69) is 129 Å². The summed E-state index contributed by atoms with van der Waals surface area (Å²) in [6.07, 6.45) is 95.9. The molecule has 0 aliphatic carbocycles. The number of unbranched alkanes of at least 4 members (excludes halogenated alkanes) is 34. The lowest BCUT2D eigenvalue weighted by atomic mass is 10.0. The van der Waals surface area contributed by atoms with Crippen molar-refractivity contribution in [2.45, 2.75) is 328 Å². The van der Waals surface area contributed by atoms with E-state index in [0.717, 1.165) is 103 Å². The molecule has 0 bridgehead atoms. The number of likely N-dealkylation sites (N-methyl/N-ethyl adjacent to an activating group) is 1. The summed E-state index contributed by atoms with van der Waals surface area (Å²) in [6.45, 7) is 4.63. The predicted octanol–water partition coefficient (Wildman–Crippen LogP) is 22.4. The number of quaternary nitrogens is 1. The summed E-state index contributed by atoms with van der Waals surface area (Å²) in [7, 11) is 1.30. The van der Waals surface area contributed by atoms with Gasteiger partial charge in [0.15, 0.2) is 0 Å². The first kappa shape index (κ1) is 82.2. The third-order valence-corrected chi connectivity index (χ3v) is 16.7. The van der Waals surface area contributed by atoms with Gasteiger partial charge in [0.25, 0.3) is 7.82 Å². The highest BCUT2D eigenvalue weighted by Gasteiger charge is 2.24. The summed E-state index contributed by atoms with van der Waals surface area (Å²) in [4.78, 5) is 25.7. The van der Waals surface area contributed by atoms with Gasteiger partial charge in [-0.3, -0.25) is 9.36 Å². The average molecular weight is 1210 g/mol. The first-order valence-corrected chi connectivity index (χ1v) is 37.2. The van der Waals surface area contributed by atoms with Gasteiger partial charge in [0.2, 0.25) is 5.91 Å². The van der Waals surface area contributed by atoms with Gasteiger partial charge in [-0.05, 0) is 83.5 Å². The summed E-state index contributed by atoms with van der Waals surface area (Å²) in [5.74, 6) is -0.171. The molecule has 0 radical (unpaired) electrons. The summed E-state index contributed by atoms with van der Waals surface area (Å²) in [5.41, 5.74) is 0. The second-order valence-corrected chi connectivity index (χ2v) is 26.6. The van der Waals surface area contributed by atoms with Crippen LogP contribution in [0.2, 0.25) is 0 Å². The van der Waals surface area contributed by atoms with Gasteiger partial charge in [-0.25, -0.2) is 0 Å². The Hall–Kier alpha value is -2.84. The molecule has 0 aliphatic heterocycles. The molecule has 0 saturated heterocycles. The van der Waals surface area contributed by atoms with E-state index in [-0.39, 0.29) is 19.1 Å². The van der Waals surface area contributed by atoms with Crippen LogP contribution in [0.5, 0.6) is 0 Å². The number of carbonyl (C=O) groups is 1. The van der Waals surface area contributed by atoms with Crippen LogP contribution in [0.4, 0.5) is 0 Å². The third kappa shape index (κ3) is 68.5. The molecule has 0 rings (SSSR count). The number of allylic oxidation sites excluding steroid dienone is 18. The molecule has 9 heteroatoms. The Morgan fingerprint density at radius 3 is 1.05 bits per heavy atom. The van der Waals surface area contributed by atoms with Crippen molar-refractivity contribution in [3.05, 3.63) is 109 Å². The number of rotatable bonds is 65. The number of nitrogens with zero attached hydrogens (tertiary/aromatic N) is 1. The topological polar surface area (TPSA) is 108 Å². The number of phosphoric acid groups is 1. The van der Waals surface area contributed by atoms with E-state index in [0.29, 0.717) is 23.9 Å². The molecule has 0 aromatic carbocycles. The zero-order chi connectivity index (χ0) is 61.9. The lowest BCUT2D eigenvalue weighted by Gasteiger charge is -2.30. The van der Waals surface area contributed by atoms with E-state index in [9.17, 15) is 19.4 Å². The van der Waals surface area contributed by atoms with E-state index in [1.807, 2.05) is 21.1 Å². The minimum Gasteiger partial charge on any atom is -0.756 e. The summed E-state index contributed by atoms with van der Waals surface area (Å²) in [6, 6.07) is -0.813. The summed E-state index contributed by atoms with van der Waals surface area (Å²) < 4.78 is 23.5. The van der Waals surface area contributed by atoms with Crippen molar-refractivity contribution in [3.63, 3.8) is 0 Å². The molecule has 0 aliphatic rings. The quantitative estimate of drug-likeness (QED) is 0.0272. The fourth-order valence-electron chi connectivity index (χ4n) is 10.3. The number of nitrogens with one attached hydrogen (secondary N) is 1. The number of aliphatic hydroxyl groups excluding tert-OH is 1. The SMILES string of the molecule is CC/C=C\C/C=C\C/C=C\C/C=C\C/C=C\C/C=C\C/C=C\C/C=C\C/C=C\CCCCCCCCCCCC(=O)NC(COP(=O)([O-])OCC[N+](C)(C)C)C(O)CCCCCCCCCCCCCCCCCCCCCCCCCCCC. The van der Waals surface area contributed by atoms with Crippen LogP contribution in [0.1, 0.15) is 316 Å². The minimum atomic E-state index is -4.59. The molecular formula is C76H137N2O6P. The molecule has 0 spiro atoms. The molecular weight excluding hydrogens is 1070 g/mol. The molecule has 2 N–H and O–H groups in total. The molecule has 492 valence electrons. The maximum absolute atomic E-state index is 13.1. The van der Waals surface area contributed by atoms with Crippen molar-refractivity contribution in [3.8, 4) is 0 Å². The fraction of sp³-hybridized carbons (Fsp3) is 0.750. The highest BCUT2D eigenvalue weighted by molar-refractivity contribution is 7.45. The number of aliphatic hydroxyl groups is 1. The minimum absolute atomic E-state index is 0.00681. The number of hydrogen-bond donors (Lipinski definition) is 2. The van der Waals surface area contributed by atoms with Gasteiger partial charge in [-0.15, -0.1) is 0 Å². The lowest BCUT2D eigenvalue weighted by Crippen LogP contribution is -2.46. The molecule has 3 atom stereocenters. The summed E-state index contributed by atoms with van der Waals surface area (Å²) in [5, 5.41) is 14.1. The van der Waals surface area contributed by atoms with Crippen molar-refractivity contribution in [1.82, 2.24) is 5.32 Å². The Balaban J connectivity index is 4.09. The summed E-state index contributed by atoms with van der Waals surface area (Å²) >= 11 is 0. The van der Waals surface area contributed by atoms with Crippen LogP contribution in [0, 0.1) is 0 Å². The van der Waals surface area contributed by atoms with Crippen LogP contribution in [0.15, 0.2) is 109 Å². The first-order chi connectivity index (χ1) is 41.5. The van der Waals surface area contributed by atoms with Crippen molar-refractivity contribution in [1.29, 1.82) is 0 Å². The van der Waals surface area contributed by atoms with E-state index < -0.39 is 20.0 Å². The number of phosphoric ester groups is 1. The van der Waals surface area contributed by atoms with E-state index in [1.54, 1.807) is 0 Å². The molecule has 0 fully saturated rings. The van der Waals surface area contributed by atoms with Crippen LogP contribution in [-0.4, -0.2) is 68.5 Å². The largest absolute Gasteiger partial charge is 0.756 e. The second kappa shape index (κ2) is 65.6. The maximum atomic E-state index is 13.1. The predicted molar refractivity (Wildman–Crippen MR) is 371 cm³/mol. The molecule has 0 aromatic rings. The highest BCUT2D eigenvalue weighted by Crippen LogP contribution is 2.38. The first-order valence-electron chi connectivity index (χ1n) is 35.7. The Labute approximate surface area is 527 Å². The van der Waals surface area contributed by atoms with Gasteiger partial charge in [0, 0.05) is 6.42 Å². The number of amides is 1. The van der Waals surface area contributed by atoms with Gasteiger partial charge in [0.1, 0.15) is 13.2 Å². The van der Waals surface area contributed by atoms with Crippen molar-refractivity contribution >= 4 is 13.7 Å². The van der Waals surface area contributed by atoms with Crippen LogP contribution in [0.25, 0.3) is 0 Å². The van der Waals surface area contributed by atoms with E-state index in [1.165, 1.54) is 186 Å². The van der Waals surface area contributed by atoms with Crippen molar-refractivity contribution in [2.24, 2.45) is 0 Å². The fourth-order valence-corrected chi connectivity index (χ4v) is 11.0. The van der Waals surface area contributed by atoms with E-state index >= 15 is 0 Å². The molecule has 0 aromatic heterocycles. The van der Waals surface area contributed by atoms with Crippen LogP contribution >= 0.6 is 7.82 Å². The third-order valence-electron chi connectivity index (χ3n) is 15.8. The van der Waals surface area contributed by atoms with Crippen LogP contribution in [0.3, 0.4) is 0 Å². The second-order valence-electron chi connectivity index (χ2n) is 25.2. The van der Waals surface area contributed by atoms with Crippen LogP contribution in [-0.2, 0) is 18.4 Å². The Bertz CT molecular complexity index is 1760. The zero-order valence-electron chi connectivity index (χ0n) is 56.3. The average Bonchev–Trinajstić information content (AvgIpc) is 3.49. The molecule has 0 saturated carbocycles. The Morgan fingerprint density at radius 1 is 0.424 bits per heavy atom. The molecule has 8 nitrogen and oxygen atoms in total. The molecule has 1 amide bonds. The number of hydrogen-bond acceptors (Lipinski definition) is 6. The Kier molecular flexibility index (Phi) is 63.4. The van der Waals surface area contributed by atoms with Gasteiger partial charge in [-0.2, -0.15) is 0 Å². The van der Waals surface area contributed by atoms with E-state index in [4.69, 9.17) is 9.05 Å². The lowest BCUT2D eigenvalue weighted by molar-refractivity contribution is -0.870. The zero-order valence-corrected chi connectivity index (χ0v) is 57.2. The molecule has 0 heterocycles. The molecule has 85 heavy (non-hydrogen) atoms. The van der Waals surface area contributed by atoms with Crippen molar-refractivity contribution < 1.29 is 32.9 Å². The van der Waals surface area contributed by atoms with Gasteiger partial charge in [0.05, 0.1) is 39.9 Å². The smallest absolute Gasteiger partial charge is 0.268 e. The number of carbonyl (C=O) groups excluding carboxylic acids is 1. The normalized spacial score (nSPS) is 14.3. The maximum Gasteiger partial charge on any atom is 0.268 e. The molecule has 3 unspecified atom stereocenters. The van der Waals surface area contributed by atoms with Gasteiger partial charge in [-0.1, -0.05) is 335 Å². The van der Waals surface area contributed by atoms with Gasteiger partial charge < -0.3 is 28.8 Å².